The summed E-state index contributed by atoms with van der Waals surface area (Å²) in [6.45, 7) is 4.73. The number of carbonyl (C=O) groups excluding carboxylic acids is 3. The lowest BCUT2D eigenvalue weighted by Crippen LogP contribution is -2.39. The molecule has 1 N–H and O–H groups in total. The molecule has 0 spiro atoms. The summed E-state index contributed by atoms with van der Waals surface area (Å²) in [5.41, 5.74) is 3.54. The van der Waals surface area contributed by atoms with E-state index in [1.54, 1.807) is 11.9 Å². The fourth-order valence-electron chi connectivity index (χ4n) is 3.35. The molecule has 30 heavy (non-hydrogen) atoms. The van der Waals surface area contributed by atoms with Crippen molar-refractivity contribution in [2.45, 2.75) is 26.7 Å². The predicted octanol–water partition coefficient (Wildman–Crippen LogP) is 2.91. The molecule has 0 bridgehead atoms. The summed E-state index contributed by atoms with van der Waals surface area (Å²) in [7, 11) is 1.57. The Hall–Kier alpha value is -3.35. The lowest BCUT2D eigenvalue weighted by molar-refractivity contribution is -0.134. The topological polar surface area (TPSA) is 79.0 Å². The summed E-state index contributed by atoms with van der Waals surface area (Å²) >= 11 is 0. The van der Waals surface area contributed by atoms with Crippen LogP contribution < -0.4 is 15.0 Å². The van der Waals surface area contributed by atoms with Crippen LogP contribution in [-0.4, -0.2) is 49.4 Å². The summed E-state index contributed by atoms with van der Waals surface area (Å²) in [5.74, 6) is 0.0185. The molecule has 0 aliphatic carbocycles. The second kappa shape index (κ2) is 9.43. The zero-order chi connectivity index (χ0) is 21.7. The van der Waals surface area contributed by atoms with Gasteiger partial charge in [-0.2, -0.15) is 0 Å². The first kappa shape index (κ1) is 21.4. The average Bonchev–Trinajstić information content (AvgIpc) is 2.74. The summed E-state index contributed by atoms with van der Waals surface area (Å²) in [5, 5.41) is 2.84. The molecule has 0 radical (unpaired) electrons. The van der Waals surface area contributed by atoms with E-state index in [0.29, 0.717) is 18.9 Å². The molecule has 2 aromatic rings. The van der Waals surface area contributed by atoms with Crippen LogP contribution in [0.25, 0.3) is 0 Å². The standard InChI is InChI=1S/C23H27N3O4/c1-16-7-6-8-18(17(16)2)24-21(27)15-25(3)22(28)11-12-23(29)26-13-14-30-20-10-5-4-9-19(20)26/h4-10H,11-15H2,1-3H3,(H,24,27). The first-order valence-corrected chi connectivity index (χ1v) is 9.99. The number of amides is 3. The second-order valence-corrected chi connectivity index (χ2v) is 7.41. The van der Waals surface area contributed by atoms with Gasteiger partial charge in [0.05, 0.1) is 18.8 Å². The van der Waals surface area contributed by atoms with Gasteiger partial charge in [0.1, 0.15) is 12.4 Å². The number of likely N-dealkylation sites (N-methyl/N-ethyl adjacent to an activating group) is 1. The molecule has 7 nitrogen and oxygen atoms in total. The minimum atomic E-state index is -0.270. The zero-order valence-corrected chi connectivity index (χ0v) is 17.6. The molecule has 1 aliphatic rings. The highest BCUT2D eigenvalue weighted by Crippen LogP contribution is 2.31. The molecule has 0 fully saturated rings. The van der Waals surface area contributed by atoms with Gasteiger partial charge >= 0.3 is 0 Å². The number of rotatable bonds is 6. The molecule has 1 aliphatic heterocycles. The van der Waals surface area contributed by atoms with Crippen molar-refractivity contribution in [1.29, 1.82) is 0 Å². The number of benzene rings is 2. The van der Waals surface area contributed by atoms with Gasteiger partial charge in [0.15, 0.2) is 0 Å². The molecule has 2 aromatic carbocycles. The third-order valence-corrected chi connectivity index (χ3v) is 5.27. The highest BCUT2D eigenvalue weighted by atomic mass is 16.5. The van der Waals surface area contributed by atoms with Gasteiger partial charge in [-0.1, -0.05) is 24.3 Å². The first-order valence-electron chi connectivity index (χ1n) is 9.99. The number of carbonyl (C=O) groups is 3. The number of aryl methyl sites for hydroxylation is 1. The van der Waals surface area contributed by atoms with E-state index in [-0.39, 0.29) is 37.1 Å². The Morgan fingerprint density at radius 1 is 1.07 bits per heavy atom. The fourth-order valence-corrected chi connectivity index (χ4v) is 3.35. The van der Waals surface area contributed by atoms with E-state index < -0.39 is 0 Å². The van der Waals surface area contributed by atoms with Crippen LogP contribution in [0.2, 0.25) is 0 Å². The van der Waals surface area contributed by atoms with Crippen LogP contribution in [-0.2, 0) is 14.4 Å². The highest BCUT2D eigenvalue weighted by molar-refractivity contribution is 5.98. The lowest BCUT2D eigenvalue weighted by Gasteiger charge is -2.29. The third kappa shape index (κ3) is 4.97. The number of anilines is 2. The van der Waals surface area contributed by atoms with Crippen molar-refractivity contribution >= 4 is 29.1 Å². The van der Waals surface area contributed by atoms with E-state index in [9.17, 15) is 14.4 Å². The predicted molar refractivity (Wildman–Crippen MR) is 116 cm³/mol. The van der Waals surface area contributed by atoms with Gasteiger partial charge in [0, 0.05) is 25.6 Å². The third-order valence-electron chi connectivity index (χ3n) is 5.27. The number of para-hydroxylation sites is 2. The van der Waals surface area contributed by atoms with E-state index >= 15 is 0 Å². The average molecular weight is 409 g/mol. The fraction of sp³-hybridized carbons (Fsp3) is 0.348. The van der Waals surface area contributed by atoms with Crippen LogP contribution in [0, 0.1) is 13.8 Å². The number of nitrogens with one attached hydrogen (secondary N) is 1. The maximum Gasteiger partial charge on any atom is 0.243 e. The van der Waals surface area contributed by atoms with Gasteiger partial charge < -0.3 is 19.9 Å². The number of fused-ring (bicyclic) bond motifs is 1. The SMILES string of the molecule is Cc1cccc(NC(=O)CN(C)C(=O)CCC(=O)N2CCOc3ccccc32)c1C. The van der Waals surface area contributed by atoms with Gasteiger partial charge in [-0.05, 0) is 43.2 Å². The van der Waals surface area contributed by atoms with Gasteiger partial charge in [-0.3, -0.25) is 14.4 Å². The first-order chi connectivity index (χ1) is 14.4. The van der Waals surface area contributed by atoms with Crippen LogP contribution in [0.15, 0.2) is 42.5 Å². The zero-order valence-electron chi connectivity index (χ0n) is 17.6. The molecular formula is C23H27N3O4. The molecular weight excluding hydrogens is 382 g/mol. The maximum atomic E-state index is 12.6. The monoisotopic (exact) mass is 409 g/mol. The van der Waals surface area contributed by atoms with Crippen molar-refractivity contribution in [3.8, 4) is 5.75 Å². The molecule has 0 saturated carbocycles. The maximum absolute atomic E-state index is 12.6. The lowest BCUT2D eigenvalue weighted by atomic mass is 10.1. The number of hydrogen-bond acceptors (Lipinski definition) is 4. The van der Waals surface area contributed by atoms with E-state index in [4.69, 9.17) is 4.74 Å². The Kier molecular flexibility index (Phi) is 6.72. The summed E-state index contributed by atoms with van der Waals surface area (Å²) in [6.07, 6.45) is 0.127. The molecule has 0 atom stereocenters. The molecule has 0 saturated heterocycles. The quantitative estimate of drug-likeness (QED) is 0.796. The van der Waals surface area contributed by atoms with Gasteiger partial charge in [0.25, 0.3) is 0 Å². The van der Waals surface area contributed by atoms with Crippen molar-refractivity contribution in [3.63, 3.8) is 0 Å². The van der Waals surface area contributed by atoms with Crippen molar-refractivity contribution in [2.75, 3.05) is 37.0 Å². The Bertz CT molecular complexity index is 957. The Morgan fingerprint density at radius 2 is 1.83 bits per heavy atom. The highest BCUT2D eigenvalue weighted by Gasteiger charge is 2.24. The van der Waals surface area contributed by atoms with Gasteiger partial charge in [-0.25, -0.2) is 0 Å². The molecule has 0 aromatic heterocycles. The van der Waals surface area contributed by atoms with Crippen LogP contribution in [0.4, 0.5) is 11.4 Å². The van der Waals surface area contributed by atoms with E-state index in [0.717, 1.165) is 22.5 Å². The van der Waals surface area contributed by atoms with Crippen LogP contribution in [0.1, 0.15) is 24.0 Å². The van der Waals surface area contributed by atoms with Crippen LogP contribution >= 0.6 is 0 Å². The van der Waals surface area contributed by atoms with Crippen LogP contribution in [0.5, 0.6) is 5.75 Å². The second-order valence-electron chi connectivity index (χ2n) is 7.41. The summed E-state index contributed by atoms with van der Waals surface area (Å²) < 4.78 is 5.56. The summed E-state index contributed by atoms with van der Waals surface area (Å²) in [6, 6.07) is 13.0. The van der Waals surface area contributed by atoms with Crippen LogP contribution in [0.3, 0.4) is 0 Å². The Morgan fingerprint density at radius 3 is 2.63 bits per heavy atom. The van der Waals surface area contributed by atoms with Crippen molar-refractivity contribution < 1.29 is 19.1 Å². The Labute approximate surface area is 176 Å². The largest absolute Gasteiger partial charge is 0.490 e. The van der Waals surface area contributed by atoms with E-state index in [1.807, 2.05) is 56.3 Å². The van der Waals surface area contributed by atoms with E-state index in [1.165, 1.54) is 4.90 Å². The molecule has 7 heteroatoms. The van der Waals surface area contributed by atoms with Crippen molar-refractivity contribution in [2.24, 2.45) is 0 Å². The van der Waals surface area contributed by atoms with Gasteiger partial charge in [-0.15, -0.1) is 0 Å². The molecule has 3 amide bonds. The Balaban J connectivity index is 1.50. The molecule has 158 valence electrons. The van der Waals surface area contributed by atoms with Crippen molar-refractivity contribution in [3.05, 3.63) is 53.6 Å². The molecule has 1 heterocycles. The number of hydrogen-bond donors (Lipinski definition) is 1. The molecule has 3 rings (SSSR count). The smallest absolute Gasteiger partial charge is 0.243 e. The molecule has 0 unspecified atom stereocenters. The summed E-state index contributed by atoms with van der Waals surface area (Å²) in [4.78, 5) is 40.4. The number of nitrogens with zero attached hydrogens (tertiary/aromatic N) is 2. The normalized spacial score (nSPS) is 12.6. The minimum Gasteiger partial charge on any atom is -0.490 e. The van der Waals surface area contributed by atoms with E-state index in [2.05, 4.69) is 5.32 Å². The van der Waals surface area contributed by atoms with Crippen molar-refractivity contribution in [1.82, 2.24) is 4.90 Å². The van der Waals surface area contributed by atoms with Gasteiger partial charge in [0.2, 0.25) is 17.7 Å². The number of ether oxygens (including phenoxy) is 1. The minimum absolute atomic E-state index is 0.0472.